The first-order valence-electron chi connectivity index (χ1n) is 6.69. The molecule has 1 amide bonds. The van der Waals surface area contributed by atoms with Crippen molar-refractivity contribution < 1.29 is 19.1 Å². The lowest BCUT2D eigenvalue weighted by atomic mass is 10.1. The van der Waals surface area contributed by atoms with Crippen LogP contribution in [0.3, 0.4) is 0 Å². The van der Waals surface area contributed by atoms with Gasteiger partial charge in [-0.1, -0.05) is 18.2 Å². The average molecular weight is 295 g/mol. The molecule has 3 rings (SSSR count). The molecule has 0 unspecified atom stereocenters. The minimum atomic E-state index is -1.01. The second-order valence-corrected chi connectivity index (χ2v) is 4.89. The van der Waals surface area contributed by atoms with E-state index >= 15 is 0 Å². The molecule has 5 nitrogen and oxygen atoms in total. The Bertz CT molecular complexity index is 862. The van der Waals surface area contributed by atoms with Crippen LogP contribution in [0.1, 0.15) is 26.5 Å². The summed E-state index contributed by atoms with van der Waals surface area (Å²) in [5.74, 6) is -1.12. The Balaban J connectivity index is 1.87. The third-order valence-electron chi connectivity index (χ3n) is 3.44. The maximum Gasteiger partial charge on any atom is 0.335 e. The number of nitrogens with one attached hydrogen (secondary N) is 1. The maximum absolute atomic E-state index is 12.3. The van der Waals surface area contributed by atoms with Gasteiger partial charge in [-0.2, -0.15) is 0 Å². The highest BCUT2D eigenvalue weighted by Crippen LogP contribution is 2.25. The normalized spacial score (nSPS) is 10.6. The number of para-hydroxylation sites is 1. The molecule has 0 bridgehead atoms. The molecule has 5 heteroatoms. The van der Waals surface area contributed by atoms with Crippen LogP contribution in [-0.4, -0.2) is 17.0 Å². The van der Waals surface area contributed by atoms with Gasteiger partial charge in [0.25, 0.3) is 5.91 Å². The SMILES string of the molecule is Cc1c(C(=O)Nc2ccc(C(=O)O)cc2)oc2ccccc12. The fraction of sp³-hybridized carbons (Fsp3) is 0.0588. The van der Waals surface area contributed by atoms with E-state index in [0.29, 0.717) is 11.3 Å². The Hall–Kier alpha value is -3.08. The standard InChI is InChI=1S/C17H13NO4/c1-10-13-4-2-3-5-14(13)22-15(10)16(19)18-12-8-6-11(7-9-12)17(20)21/h2-9H,1H3,(H,18,19)(H,20,21). The van der Waals surface area contributed by atoms with Crippen molar-refractivity contribution >= 4 is 28.5 Å². The number of anilines is 1. The molecule has 0 aliphatic heterocycles. The van der Waals surface area contributed by atoms with E-state index in [-0.39, 0.29) is 17.2 Å². The van der Waals surface area contributed by atoms with E-state index in [1.54, 1.807) is 18.2 Å². The van der Waals surface area contributed by atoms with Crippen molar-refractivity contribution in [3.05, 3.63) is 65.4 Å². The largest absolute Gasteiger partial charge is 0.478 e. The van der Waals surface area contributed by atoms with Crippen LogP contribution in [0.15, 0.2) is 52.9 Å². The van der Waals surface area contributed by atoms with Gasteiger partial charge >= 0.3 is 5.97 Å². The van der Waals surface area contributed by atoms with Gasteiger partial charge in [-0.15, -0.1) is 0 Å². The number of hydrogen-bond acceptors (Lipinski definition) is 3. The number of aryl methyl sites for hydroxylation is 1. The summed E-state index contributed by atoms with van der Waals surface area (Å²) in [5.41, 5.74) is 2.11. The fourth-order valence-corrected chi connectivity index (χ4v) is 2.27. The summed E-state index contributed by atoms with van der Waals surface area (Å²) in [6.07, 6.45) is 0. The van der Waals surface area contributed by atoms with Crippen molar-refractivity contribution in [1.29, 1.82) is 0 Å². The molecule has 0 atom stereocenters. The van der Waals surface area contributed by atoms with Crippen LogP contribution in [0.4, 0.5) is 5.69 Å². The third kappa shape index (κ3) is 2.44. The third-order valence-corrected chi connectivity index (χ3v) is 3.44. The number of carboxylic acid groups (broad SMARTS) is 1. The highest BCUT2D eigenvalue weighted by molar-refractivity contribution is 6.06. The Morgan fingerprint density at radius 1 is 1.05 bits per heavy atom. The summed E-state index contributed by atoms with van der Waals surface area (Å²) in [7, 11) is 0. The molecule has 0 spiro atoms. The zero-order valence-corrected chi connectivity index (χ0v) is 11.8. The second kappa shape index (κ2) is 5.37. The highest BCUT2D eigenvalue weighted by Gasteiger charge is 2.17. The maximum atomic E-state index is 12.3. The highest BCUT2D eigenvalue weighted by atomic mass is 16.4. The lowest BCUT2D eigenvalue weighted by molar-refractivity contribution is 0.0696. The van der Waals surface area contributed by atoms with Crippen molar-refractivity contribution in [2.45, 2.75) is 6.92 Å². The molecule has 0 aliphatic carbocycles. The molecule has 0 saturated heterocycles. The molecule has 22 heavy (non-hydrogen) atoms. The van der Waals surface area contributed by atoms with Crippen molar-refractivity contribution in [3.63, 3.8) is 0 Å². The van der Waals surface area contributed by atoms with Gasteiger partial charge in [0.15, 0.2) is 5.76 Å². The Labute approximate surface area is 126 Å². The molecule has 0 aliphatic rings. The van der Waals surface area contributed by atoms with E-state index in [0.717, 1.165) is 10.9 Å². The smallest absolute Gasteiger partial charge is 0.335 e. The number of furan rings is 1. The van der Waals surface area contributed by atoms with Gasteiger partial charge in [-0.05, 0) is 37.3 Å². The van der Waals surface area contributed by atoms with Gasteiger partial charge in [-0.3, -0.25) is 4.79 Å². The molecule has 1 heterocycles. The van der Waals surface area contributed by atoms with E-state index in [1.165, 1.54) is 12.1 Å². The van der Waals surface area contributed by atoms with Crippen molar-refractivity contribution in [3.8, 4) is 0 Å². The average Bonchev–Trinajstić information content (AvgIpc) is 2.85. The fourth-order valence-electron chi connectivity index (χ4n) is 2.27. The minimum Gasteiger partial charge on any atom is -0.478 e. The van der Waals surface area contributed by atoms with Crippen LogP contribution in [0, 0.1) is 6.92 Å². The lowest BCUT2D eigenvalue weighted by Crippen LogP contribution is -2.12. The molecule has 0 fully saturated rings. The topological polar surface area (TPSA) is 79.5 Å². The van der Waals surface area contributed by atoms with Crippen molar-refractivity contribution in [2.24, 2.45) is 0 Å². The summed E-state index contributed by atoms with van der Waals surface area (Å²) in [6, 6.07) is 13.4. The number of carboxylic acids is 1. The number of fused-ring (bicyclic) bond motifs is 1. The van der Waals surface area contributed by atoms with Gasteiger partial charge < -0.3 is 14.8 Å². The molecule has 0 saturated carbocycles. The Kier molecular flexibility index (Phi) is 3.39. The van der Waals surface area contributed by atoms with Crippen LogP contribution in [-0.2, 0) is 0 Å². The van der Waals surface area contributed by atoms with E-state index in [1.807, 2.05) is 25.1 Å². The molecule has 1 aromatic heterocycles. The van der Waals surface area contributed by atoms with E-state index in [9.17, 15) is 9.59 Å². The number of rotatable bonds is 3. The molecule has 3 aromatic rings. The van der Waals surface area contributed by atoms with Crippen LogP contribution < -0.4 is 5.32 Å². The predicted octanol–water partition coefficient (Wildman–Crippen LogP) is 3.69. The summed E-state index contributed by atoms with van der Waals surface area (Å²) in [4.78, 5) is 23.1. The van der Waals surface area contributed by atoms with Gasteiger partial charge in [0.05, 0.1) is 5.56 Å². The Morgan fingerprint density at radius 3 is 2.36 bits per heavy atom. The predicted molar refractivity (Wildman–Crippen MR) is 82.3 cm³/mol. The summed E-state index contributed by atoms with van der Waals surface area (Å²) in [6.45, 7) is 1.83. The summed E-state index contributed by atoms with van der Waals surface area (Å²) < 4.78 is 5.59. The summed E-state index contributed by atoms with van der Waals surface area (Å²) >= 11 is 0. The molecule has 110 valence electrons. The first-order chi connectivity index (χ1) is 10.6. The minimum absolute atomic E-state index is 0.165. The van der Waals surface area contributed by atoms with Crippen molar-refractivity contribution in [2.75, 3.05) is 5.32 Å². The van der Waals surface area contributed by atoms with Crippen LogP contribution in [0.5, 0.6) is 0 Å². The number of carbonyl (C=O) groups is 2. The van der Waals surface area contributed by atoms with Gasteiger partial charge in [0.2, 0.25) is 0 Å². The van der Waals surface area contributed by atoms with E-state index in [2.05, 4.69) is 5.32 Å². The first-order valence-corrected chi connectivity index (χ1v) is 6.69. The van der Waals surface area contributed by atoms with Crippen molar-refractivity contribution in [1.82, 2.24) is 0 Å². The monoisotopic (exact) mass is 295 g/mol. The van der Waals surface area contributed by atoms with Crippen LogP contribution >= 0.6 is 0 Å². The van der Waals surface area contributed by atoms with Gasteiger partial charge in [0.1, 0.15) is 5.58 Å². The molecular formula is C17H13NO4. The van der Waals surface area contributed by atoms with E-state index < -0.39 is 5.97 Å². The molecular weight excluding hydrogens is 282 g/mol. The van der Waals surface area contributed by atoms with E-state index in [4.69, 9.17) is 9.52 Å². The second-order valence-electron chi connectivity index (χ2n) is 4.89. The first kappa shape index (κ1) is 13.9. The zero-order chi connectivity index (χ0) is 15.7. The summed E-state index contributed by atoms with van der Waals surface area (Å²) in [5, 5.41) is 12.4. The van der Waals surface area contributed by atoms with Crippen LogP contribution in [0.25, 0.3) is 11.0 Å². The Morgan fingerprint density at radius 2 is 1.73 bits per heavy atom. The number of carbonyl (C=O) groups excluding carboxylic acids is 1. The number of aromatic carboxylic acids is 1. The van der Waals surface area contributed by atoms with Gasteiger partial charge in [0, 0.05) is 16.6 Å². The zero-order valence-electron chi connectivity index (χ0n) is 11.8. The van der Waals surface area contributed by atoms with Crippen LogP contribution in [0.2, 0.25) is 0 Å². The molecule has 2 aromatic carbocycles. The molecule has 2 N–H and O–H groups in total. The quantitative estimate of drug-likeness (QED) is 0.772. The number of hydrogen-bond donors (Lipinski definition) is 2. The van der Waals surface area contributed by atoms with Gasteiger partial charge in [-0.25, -0.2) is 4.79 Å². The number of amides is 1. The molecule has 0 radical (unpaired) electrons. The number of benzene rings is 2. The lowest BCUT2D eigenvalue weighted by Gasteiger charge is -2.04.